The summed E-state index contributed by atoms with van der Waals surface area (Å²) < 4.78 is 0. The molecule has 1 N–H and O–H groups in total. The number of piperidine rings is 1. The molecule has 2 amide bonds. The maximum atomic E-state index is 12.2. The Morgan fingerprint density at radius 3 is 2.41 bits per heavy atom. The van der Waals surface area contributed by atoms with E-state index in [1.165, 1.54) is 29.8 Å². The van der Waals surface area contributed by atoms with Crippen molar-refractivity contribution in [3.63, 3.8) is 0 Å². The Morgan fingerprint density at radius 1 is 1.14 bits per heavy atom. The van der Waals surface area contributed by atoms with Crippen molar-refractivity contribution in [1.82, 2.24) is 4.90 Å². The van der Waals surface area contributed by atoms with Gasteiger partial charge in [0, 0.05) is 37.9 Å². The molecule has 2 aliphatic rings. The van der Waals surface area contributed by atoms with Crippen molar-refractivity contribution in [3.8, 4) is 0 Å². The van der Waals surface area contributed by atoms with Crippen LogP contribution in [0, 0.1) is 0 Å². The third-order valence-corrected chi connectivity index (χ3v) is 4.65. The fourth-order valence-corrected chi connectivity index (χ4v) is 3.24. The number of amides is 2. The Labute approximate surface area is 131 Å². The van der Waals surface area contributed by atoms with Crippen LogP contribution in [0.3, 0.4) is 0 Å². The summed E-state index contributed by atoms with van der Waals surface area (Å²) in [7, 11) is 1.69. The molecule has 22 heavy (non-hydrogen) atoms. The van der Waals surface area contributed by atoms with Crippen molar-refractivity contribution in [1.29, 1.82) is 0 Å². The number of hydrogen-bond acceptors (Lipinski definition) is 3. The third-order valence-electron chi connectivity index (χ3n) is 4.65. The molecule has 5 heteroatoms. The van der Waals surface area contributed by atoms with E-state index < -0.39 is 0 Å². The number of carbonyl (C=O) groups is 2. The molecule has 118 valence electrons. The molecule has 2 fully saturated rings. The highest BCUT2D eigenvalue weighted by Crippen LogP contribution is 2.23. The number of anilines is 2. The van der Waals surface area contributed by atoms with Gasteiger partial charge in [-0.2, -0.15) is 0 Å². The Bertz CT molecular complexity index is 550. The number of likely N-dealkylation sites (tertiary alicyclic amines) is 1. The van der Waals surface area contributed by atoms with Crippen LogP contribution in [-0.4, -0.2) is 42.9 Å². The predicted octanol–water partition coefficient (Wildman–Crippen LogP) is 2.24. The Morgan fingerprint density at radius 2 is 1.82 bits per heavy atom. The highest BCUT2D eigenvalue weighted by molar-refractivity contribution is 5.99. The van der Waals surface area contributed by atoms with Gasteiger partial charge in [0.15, 0.2) is 0 Å². The van der Waals surface area contributed by atoms with Gasteiger partial charge < -0.3 is 15.1 Å². The average Bonchev–Trinajstić information content (AvgIpc) is 2.88. The monoisotopic (exact) mass is 301 g/mol. The lowest BCUT2D eigenvalue weighted by Gasteiger charge is -2.29. The molecular formula is C17H23N3O2. The standard InChI is InChI=1S/C17H23N3O2/c1-19-15(9-10-16(19)21)17(22)18-13-5-7-14(8-6-13)20-11-3-2-4-12-20/h5-8,15H,2-4,9-12H2,1H3,(H,18,22). The number of nitrogens with one attached hydrogen (secondary N) is 1. The normalized spacial score (nSPS) is 22.0. The first-order valence-corrected chi connectivity index (χ1v) is 8.07. The van der Waals surface area contributed by atoms with Crippen molar-refractivity contribution < 1.29 is 9.59 Å². The molecule has 3 rings (SSSR count). The number of rotatable bonds is 3. The van der Waals surface area contributed by atoms with Crippen LogP contribution in [0.15, 0.2) is 24.3 Å². The van der Waals surface area contributed by atoms with E-state index in [0.29, 0.717) is 12.8 Å². The Balaban J connectivity index is 1.61. The topological polar surface area (TPSA) is 52.7 Å². The molecule has 1 unspecified atom stereocenters. The van der Waals surface area contributed by atoms with E-state index in [2.05, 4.69) is 22.3 Å². The van der Waals surface area contributed by atoms with E-state index in [0.717, 1.165) is 18.8 Å². The summed E-state index contributed by atoms with van der Waals surface area (Å²) >= 11 is 0. The van der Waals surface area contributed by atoms with Gasteiger partial charge in [0.2, 0.25) is 11.8 Å². The Hall–Kier alpha value is -2.04. The molecule has 2 saturated heterocycles. The summed E-state index contributed by atoms with van der Waals surface area (Å²) in [6.07, 6.45) is 4.88. The van der Waals surface area contributed by atoms with Crippen LogP contribution in [-0.2, 0) is 9.59 Å². The van der Waals surface area contributed by atoms with Crippen LogP contribution in [0.25, 0.3) is 0 Å². The molecule has 0 spiro atoms. The minimum absolute atomic E-state index is 0.0422. The lowest BCUT2D eigenvalue weighted by Crippen LogP contribution is -2.38. The SMILES string of the molecule is CN1C(=O)CCC1C(=O)Nc1ccc(N2CCCCC2)cc1. The quantitative estimate of drug-likeness (QED) is 0.931. The first-order chi connectivity index (χ1) is 10.6. The van der Waals surface area contributed by atoms with E-state index in [4.69, 9.17) is 0 Å². The van der Waals surface area contributed by atoms with Crippen molar-refractivity contribution in [2.24, 2.45) is 0 Å². The maximum absolute atomic E-state index is 12.2. The van der Waals surface area contributed by atoms with E-state index in [1.54, 1.807) is 7.05 Å². The van der Waals surface area contributed by atoms with Gasteiger partial charge in [-0.3, -0.25) is 9.59 Å². The fraction of sp³-hybridized carbons (Fsp3) is 0.529. The van der Waals surface area contributed by atoms with E-state index in [-0.39, 0.29) is 17.9 Å². The van der Waals surface area contributed by atoms with Gasteiger partial charge in [-0.25, -0.2) is 0 Å². The van der Waals surface area contributed by atoms with Crippen LogP contribution in [0.5, 0.6) is 0 Å². The molecule has 2 aliphatic heterocycles. The molecule has 1 aromatic carbocycles. The lowest BCUT2D eigenvalue weighted by molar-refractivity contribution is -0.131. The fourth-order valence-electron chi connectivity index (χ4n) is 3.24. The number of carbonyl (C=O) groups excluding carboxylic acids is 2. The van der Waals surface area contributed by atoms with Crippen LogP contribution >= 0.6 is 0 Å². The number of benzene rings is 1. The van der Waals surface area contributed by atoms with Gasteiger partial charge in [-0.1, -0.05) is 0 Å². The van der Waals surface area contributed by atoms with E-state index in [9.17, 15) is 9.59 Å². The zero-order chi connectivity index (χ0) is 15.5. The number of nitrogens with zero attached hydrogens (tertiary/aromatic N) is 2. The summed E-state index contributed by atoms with van der Waals surface area (Å²) in [6, 6.07) is 7.67. The van der Waals surface area contributed by atoms with E-state index >= 15 is 0 Å². The average molecular weight is 301 g/mol. The number of likely N-dealkylation sites (N-methyl/N-ethyl adjacent to an activating group) is 1. The van der Waals surface area contributed by atoms with Crippen molar-refractivity contribution in [3.05, 3.63) is 24.3 Å². The van der Waals surface area contributed by atoms with Gasteiger partial charge in [0.25, 0.3) is 0 Å². The lowest BCUT2D eigenvalue weighted by atomic mass is 10.1. The summed E-state index contributed by atoms with van der Waals surface area (Å²) in [6.45, 7) is 2.22. The smallest absolute Gasteiger partial charge is 0.247 e. The second kappa shape index (κ2) is 6.38. The zero-order valence-corrected chi connectivity index (χ0v) is 13.0. The molecule has 1 atom stereocenters. The molecule has 1 aromatic rings. The molecular weight excluding hydrogens is 278 g/mol. The second-order valence-electron chi connectivity index (χ2n) is 6.14. The predicted molar refractivity (Wildman–Crippen MR) is 86.9 cm³/mol. The first-order valence-electron chi connectivity index (χ1n) is 8.07. The Kier molecular flexibility index (Phi) is 4.32. The van der Waals surface area contributed by atoms with Crippen LogP contribution in [0.1, 0.15) is 32.1 Å². The molecule has 5 nitrogen and oxygen atoms in total. The van der Waals surface area contributed by atoms with Crippen molar-refractivity contribution in [2.75, 3.05) is 30.4 Å². The molecule has 0 saturated carbocycles. The van der Waals surface area contributed by atoms with Gasteiger partial charge in [-0.15, -0.1) is 0 Å². The number of hydrogen-bond donors (Lipinski definition) is 1. The maximum Gasteiger partial charge on any atom is 0.247 e. The second-order valence-corrected chi connectivity index (χ2v) is 6.14. The molecule has 0 bridgehead atoms. The highest BCUT2D eigenvalue weighted by atomic mass is 16.2. The summed E-state index contributed by atoms with van der Waals surface area (Å²) in [4.78, 5) is 27.7. The third kappa shape index (κ3) is 3.08. The van der Waals surface area contributed by atoms with Crippen LogP contribution in [0.4, 0.5) is 11.4 Å². The zero-order valence-electron chi connectivity index (χ0n) is 13.0. The van der Waals surface area contributed by atoms with Crippen molar-refractivity contribution >= 4 is 23.2 Å². The summed E-state index contributed by atoms with van der Waals surface area (Å²) in [5.74, 6) is -0.0559. The minimum atomic E-state index is -0.339. The van der Waals surface area contributed by atoms with Crippen molar-refractivity contribution in [2.45, 2.75) is 38.1 Å². The van der Waals surface area contributed by atoms with Gasteiger partial charge in [-0.05, 0) is 49.9 Å². The van der Waals surface area contributed by atoms with Crippen LogP contribution < -0.4 is 10.2 Å². The van der Waals surface area contributed by atoms with Gasteiger partial charge in [0.05, 0.1) is 0 Å². The molecule has 2 heterocycles. The van der Waals surface area contributed by atoms with Gasteiger partial charge >= 0.3 is 0 Å². The molecule has 0 radical (unpaired) electrons. The largest absolute Gasteiger partial charge is 0.372 e. The molecule has 0 aromatic heterocycles. The van der Waals surface area contributed by atoms with Crippen LogP contribution in [0.2, 0.25) is 0 Å². The van der Waals surface area contributed by atoms with Gasteiger partial charge in [0.1, 0.15) is 6.04 Å². The summed E-state index contributed by atoms with van der Waals surface area (Å²) in [5.41, 5.74) is 2.00. The highest BCUT2D eigenvalue weighted by Gasteiger charge is 2.33. The first kappa shape index (κ1) is 14.9. The van der Waals surface area contributed by atoms with E-state index in [1.807, 2.05) is 12.1 Å². The molecule has 0 aliphatic carbocycles. The minimum Gasteiger partial charge on any atom is -0.372 e. The summed E-state index contributed by atoms with van der Waals surface area (Å²) in [5, 5.41) is 2.91.